The highest BCUT2D eigenvalue weighted by Crippen LogP contribution is 2.33. The molecule has 6 heteroatoms. The van der Waals surface area contributed by atoms with Crippen molar-refractivity contribution in [2.24, 2.45) is 0 Å². The second kappa shape index (κ2) is 7.35. The van der Waals surface area contributed by atoms with Gasteiger partial charge in [-0.2, -0.15) is 0 Å². The van der Waals surface area contributed by atoms with Gasteiger partial charge >= 0.3 is 0 Å². The van der Waals surface area contributed by atoms with Crippen LogP contribution in [0.2, 0.25) is 0 Å². The first kappa shape index (κ1) is 15.6. The SMILES string of the molecule is CCc1nnc(CN(CC)Cc2ccc([C@@H]3CCCO3)s2)o1. The van der Waals surface area contributed by atoms with Crippen LogP contribution >= 0.6 is 11.3 Å². The zero-order chi connectivity index (χ0) is 15.4. The van der Waals surface area contributed by atoms with Crippen molar-refractivity contribution in [2.45, 2.75) is 52.3 Å². The average molecular weight is 321 g/mol. The maximum absolute atomic E-state index is 5.76. The topological polar surface area (TPSA) is 51.4 Å². The summed E-state index contributed by atoms with van der Waals surface area (Å²) in [5.41, 5.74) is 0. The fourth-order valence-corrected chi connectivity index (χ4v) is 3.78. The molecule has 0 bridgehead atoms. The van der Waals surface area contributed by atoms with Gasteiger partial charge in [0, 0.05) is 29.3 Å². The maximum atomic E-state index is 5.76. The molecule has 5 nitrogen and oxygen atoms in total. The Balaban J connectivity index is 1.59. The fourth-order valence-electron chi connectivity index (χ4n) is 2.64. The van der Waals surface area contributed by atoms with E-state index in [1.807, 2.05) is 18.3 Å². The molecule has 0 aliphatic carbocycles. The van der Waals surface area contributed by atoms with Crippen LogP contribution in [0.1, 0.15) is 54.3 Å². The van der Waals surface area contributed by atoms with Crippen LogP contribution < -0.4 is 0 Å². The Kier molecular flexibility index (Phi) is 5.23. The second-order valence-electron chi connectivity index (χ2n) is 5.55. The zero-order valence-corrected chi connectivity index (χ0v) is 14.1. The molecule has 2 aromatic heterocycles. The normalized spacial score (nSPS) is 18.4. The van der Waals surface area contributed by atoms with Gasteiger partial charge in [0.15, 0.2) is 0 Å². The molecule has 1 atom stereocenters. The van der Waals surface area contributed by atoms with E-state index in [4.69, 9.17) is 9.15 Å². The number of hydrogen-bond donors (Lipinski definition) is 0. The summed E-state index contributed by atoms with van der Waals surface area (Å²) in [4.78, 5) is 5.04. The number of hydrogen-bond acceptors (Lipinski definition) is 6. The third kappa shape index (κ3) is 3.74. The van der Waals surface area contributed by atoms with Gasteiger partial charge in [-0.15, -0.1) is 21.5 Å². The van der Waals surface area contributed by atoms with Crippen molar-refractivity contribution >= 4 is 11.3 Å². The van der Waals surface area contributed by atoms with E-state index in [2.05, 4.69) is 34.2 Å². The minimum atomic E-state index is 0.317. The van der Waals surface area contributed by atoms with E-state index in [-0.39, 0.29) is 0 Å². The highest BCUT2D eigenvalue weighted by atomic mass is 32.1. The Bertz CT molecular complexity index is 590. The Morgan fingerprint density at radius 3 is 2.77 bits per heavy atom. The number of ether oxygens (including phenoxy) is 1. The molecule has 1 aliphatic heterocycles. The van der Waals surface area contributed by atoms with Crippen LogP contribution in [0.5, 0.6) is 0 Å². The predicted molar refractivity (Wildman–Crippen MR) is 85.7 cm³/mol. The summed E-state index contributed by atoms with van der Waals surface area (Å²) in [6.07, 6.45) is 3.43. The molecule has 2 aromatic rings. The number of thiophene rings is 1. The summed E-state index contributed by atoms with van der Waals surface area (Å²) in [7, 11) is 0. The maximum Gasteiger partial charge on any atom is 0.230 e. The fraction of sp³-hybridized carbons (Fsp3) is 0.625. The lowest BCUT2D eigenvalue weighted by atomic mass is 10.2. The third-order valence-electron chi connectivity index (χ3n) is 3.93. The van der Waals surface area contributed by atoms with Crippen molar-refractivity contribution in [2.75, 3.05) is 13.2 Å². The van der Waals surface area contributed by atoms with Crippen molar-refractivity contribution in [3.05, 3.63) is 33.7 Å². The molecule has 3 rings (SSSR count). The average Bonchev–Trinajstić information content (AvgIpc) is 3.27. The lowest BCUT2D eigenvalue weighted by molar-refractivity contribution is 0.114. The Morgan fingerprint density at radius 1 is 1.23 bits per heavy atom. The van der Waals surface area contributed by atoms with Gasteiger partial charge in [-0.25, -0.2) is 0 Å². The zero-order valence-electron chi connectivity index (χ0n) is 13.2. The standard InChI is InChI=1S/C16H23N3O2S/c1-3-15-17-18-16(21-15)11-19(4-2)10-12-7-8-14(22-12)13-6-5-9-20-13/h7-8,13H,3-6,9-11H2,1-2H3/t13-/m0/s1. The van der Waals surface area contributed by atoms with Gasteiger partial charge in [0.05, 0.1) is 12.6 Å². The lowest BCUT2D eigenvalue weighted by Gasteiger charge is -2.17. The summed E-state index contributed by atoms with van der Waals surface area (Å²) in [6, 6.07) is 4.43. The number of rotatable bonds is 7. The number of nitrogens with zero attached hydrogens (tertiary/aromatic N) is 3. The lowest BCUT2D eigenvalue weighted by Crippen LogP contribution is -2.22. The number of aromatic nitrogens is 2. The van der Waals surface area contributed by atoms with Crippen LogP contribution in [0.25, 0.3) is 0 Å². The van der Waals surface area contributed by atoms with Gasteiger partial charge in [-0.3, -0.25) is 4.90 Å². The highest BCUT2D eigenvalue weighted by Gasteiger charge is 2.20. The summed E-state index contributed by atoms with van der Waals surface area (Å²) < 4.78 is 11.4. The van der Waals surface area contributed by atoms with Crippen molar-refractivity contribution in [1.29, 1.82) is 0 Å². The first-order valence-electron chi connectivity index (χ1n) is 8.02. The molecule has 0 amide bonds. The van der Waals surface area contributed by atoms with Crippen LogP contribution in [-0.2, 0) is 24.2 Å². The highest BCUT2D eigenvalue weighted by molar-refractivity contribution is 7.12. The smallest absolute Gasteiger partial charge is 0.230 e. The summed E-state index contributed by atoms with van der Waals surface area (Å²) in [5.74, 6) is 1.41. The monoisotopic (exact) mass is 321 g/mol. The van der Waals surface area contributed by atoms with Crippen LogP contribution in [-0.4, -0.2) is 28.2 Å². The van der Waals surface area contributed by atoms with Crippen molar-refractivity contribution in [3.63, 3.8) is 0 Å². The van der Waals surface area contributed by atoms with Crippen molar-refractivity contribution < 1.29 is 9.15 Å². The van der Waals surface area contributed by atoms with E-state index in [0.29, 0.717) is 24.4 Å². The van der Waals surface area contributed by atoms with Crippen LogP contribution in [0, 0.1) is 0 Å². The molecule has 0 aromatic carbocycles. The molecule has 1 fully saturated rings. The Hall–Kier alpha value is -1.24. The molecule has 0 radical (unpaired) electrons. The van der Waals surface area contributed by atoms with E-state index in [0.717, 1.165) is 32.5 Å². The molecule has 0 unspecified atom stereocenters. The quantitative estimate of drug-likeness (QED) is 0.780. The molecule has 22 heavy (non-hydrogen) atoms. The molecule has 1 aliphatic rings. The van der Waals surface area contributed by atoms with E-state index in [1.54, 1.807) is 0 Å². The molecule has 3 heterocycles. The van der Waals surface area contributed by atoms with E-state index >= 15 is 0 Å². The van der Waals surface area contributed by atoms with E-state index in [9.17, 15) is 0 Å². The van der Waals surface area contributed by atoms with Gasteiger partial charge in [-0.1, -0.05) is 13.8 Å². The molecule has 1 saturated heterocycles. The molecule has 0 saturated carbocycles. The molecular formula is C16H23N3O2S. The third-order valence-corrected chi connectivity index (χ3v) is 5.09. The Morgan fingerprint density at radius 2 is 2.09 bits per heavy atom. The minimum absolute atomic E-state index is 0.317. The van der Waals surface area contributed by atoms with E-state index in [1.165, 1.54) is 16.2 Å². The van der Waals surface area contributed by atoms with Gasteiger partial charge in [0.1, 0.15) is 0 Å². The van der Waals surface area contributed by atoms with Gasteiger partial charge in [0.2, 0.25) is 11.8 Å². The molecule has 120 valence electrons. The van der Waals surface area contributed by atoms with E-state index < -0.39 is 0 Å². The van der Waals surface area contributed by atoms with Crippen molar-refractivity contribution in [3.8, 4) is 0 Å². The summed E-state index contributed by atoms with van der Waals surface area (Å²) in [6.45, 7) is 7.65. The second-order valence-corrected chi connectivity index (χ2v) is 6.75. The van der Waals surface area contributed by atoms with Crippen molar-refractivity contribution in [1.82, 2.24) is 15.1 Å². The van der Waals surface area contributed by atoms with Crippen LogP contribution in [0.3, 0.4) is 0 Å². The Labute approximate surface area is 135 Å². The number of aryl methyl sites for hydroxylation is 1. The van der Waals surface area contributed by atoms with Gasteiger partial charge < -0.3 is 9.15 Å². The van der Waals surface area contributed by atoms with Crippen LogP contribution in [0.15, 0.2) is 16.5 Å². The van der Waals surface area contributed by atoms with Gasteiger partial charge in [-0.05, 0) is 31.5 Å². The first-order chi connectivity index (χ1) is 10.8. The largest absolute Gasteiger partial charge is 0.424 e. The summed E-state index contributed by atoms with van der Waals surface area (Å²) in [5, 5.41) is 8.14. The molecule has 0 spiro atoms. The van der Waals surface area contributed by atoms with Crippen LogP contribution in [0.4, 0.5) is 0 Å². The first-order valence-corrected chi connectivity index (χ1v) is 8.84. The summed E-state index contributed by atoms with van der Waals surface area (Å²) >= 11 is 1.86. The molecular weight excluding hydrogens is 298 g/mol. The molecule has 0 N–H and O–H groups in total. The predicted octanol–water partition coefficient (Wildman–Crippen LogP) is 3.57. The minimum Gasteiger partial charge on any atom is -0.424 e. The van der Waals surface area contributed by atoms with Gasteiger partial charge in [0.25, 0.3) is 0 Å².